The maximum atomic E-state index is 12.7. The van der Waals surface area contributed by atoms with E-state index in [1.165, 1.54) is 205 Å². The van der Waals surface area contributed by atoms with Gasteiger partial charge in [-0.2, -0.15) is 0 Å². The van der Waals surface area contributed by atoms with Crippen LogP contribution in [0.3, 0.4) is 0 Å². The molecule has 0 bridgehead atoms. The van der Waals surface area contributed by atoms with Gasteiger partial charge >= 0.3 is 0 Å². The Balaban J connectivity index is 4.26. The number of carbonyl (C=O) groups excluding carboxylic acids is 3. The lowest BCUT2D eigenvalue weighted by Crippen LogP contribution is -2.38. The third-order valence-corrected chi connectivity index (χ3v) is 12.3. The number of amides is 3. The molecule has 0 aromatic rings. The Morgan fingerprint density at radius 3 is 0.817 bits per heavy atom. The average Bonchev–Trinajstić information content (AvgIpc) is 3.25. The molecule has 0 fully saturated rings. The first-order valence-corrected chi connectivity index (χ1v) is 26.8. The molecule has 8 nitrogen and oxygen atoms in total. The zero-order valence-corrected chi connectivity index (χ0v) is 40.7. The molecule has 0 aliphatic carbocycles. The molecule has 0 aliphatic heterocycles. The molecule has 0 aliphatic rings. The quantitative estimate of drug-likeness (QED) is 0.0457. The minimum absolute atomic E-state index is 0.0984. The summed E-state index contributed by atoms with van der Waals surface area (Å²) < 4.78 is 0. The lowest BCUT2D eigenvalue weighted by molar-refractivity contribution is -0.122. The Morgan fingerprint density at radius 2 is 0.533 bits per heavy atom. The summed E-state index contributed by atoms with van der Waals surface area (Å²) in [5.74, 6) is 0.310. The van der Waals surface area contributed by atoms with Crippen molar-refractivity contribution in [2.45, 2.75) is 265 Å². The number of carbonyl (C=O) groups is 3. The van der Waals surface area contributed by atoms with Crippen LogP contribution in [0.1, 0.15) is 265 Å². The van der Waals surface area contributed by atoms with Crippen LogP contribution in [0.15, 0.2) is 0 Å². The topological polar surface area (TPSA) is 103 Å². The van der Waals surface area contributed by atoms with Crippen LogP contribution in [0.2, 0.25) is 0 Å². The molecule has 60 heavy (non-hydrogen) atoms. The van der Waals surface area contributed by atoms with Crippen molar-refractivity contribution in [3.05, 3.63) is 0 Å². The summed E-state index contributed by atoms with van der Waals surface area (Å²) in [7, 11) is 0. The van der Waals surface area contributed by atoms with E-state index in [1.807, 2.05) is 0 Å². The second-order valence-electron chi connectivity index (χ2n) is 18.2. The van der Waals surface area contributed by atoms with E-state index < -0.39 is 0 Å². The van der Waals surface area contributed by atoms with Gasteiger partial charge in [0.25, 0.3) is 0 Å². The largest absolute Gasteiger partial charge is 0.356 e. The monoisotopic (exact) mass is 848 g/mol. The van der Waals surface area contributed by atoms with Gasteiger partial charge in [-0.1, -0.05) is 226 Å². The first kappa shape index (κ1) is 58.3. The van der Waals surface area contributed by atoms with Crippen molar-refractivity contribution in [3.8, 4) is 0 Å². The molecular formula is C52H105N5O3. The lowest BCUT2D eigenvalue weighted by atomic mass is 10.1. The van der Waals surface area contributed by atoms with E-state index in [0.29, 0.717) is 38.9 Å². The standard InChI is InChI=1S/C52H105N5O3/c1-4-7-10-13-16-19-22-25-28-30-33-36-42-54-50(58)39-45-53-46-49-57(47-40-51(59)55-43-37-34-31-27-24-21-18-15-12-9-6-3)48-41-52(60)56-44-38-35-32-29-26-23-20-17-14-11-8-5-2/h53H,4-49H2,1-3H3,(H,54,58)(H,55,59)(H,56,60). The van der Waals surface area contributed by atoms with E-state index in [4.69, 9.17) is 0 Å². The molecule has 0 spiro atoms. The van der Waals surface area contributed by atoms with Gasteiger partial charge < -0.3 is 26.2 Å². The minimum atomic E-state index is 0.0984. The van der Waals surface area contributed by atoms with Gasteiger partial charge in [0, 0.05) is 71.6 Å². The number of hydrogen-bond acceptors (Lipinski definition) is 5. The fourth-order valence-corrected chi connectivity index (χ4v) is 8.09. The Kier molecular flexibility index (Phi) is 48.6. The zero-order chi connectivity index (χ0) is 43.7. The van der Waals surface area contributed by atoms with Crippen molar-refractivity contribution >= 4 is 17.7 Å². The van der Waals surface area contributed by atoms with E-state index >= 15 is 0 Å². The first-order chi connectivity index (χ1) is 29.5. The molecule has 8 heteroatoms. The Bertz CT molecular complexity index is 903. The summed E-state index contributed by atoms with van der Waals surface area (Å²) in [4.78, 5) is 40.1. The third-order valence-electron chi connectivity index (χ3n) is 12.3. The summed E-state index contributed by atoms with van der Waals surface area (Å²) in [6, 6.07) is 0. The van der Waals surface area contributed by atoms with Crippen molar-refractivity contribution in [1.82, 2.24) is 26.2 Å². The third kappa shape index (κ3) is 47.4. The van der Waals surface area contributed by atoms with Crippen LogP contribution in [0.5, 0.6) is 0 Å². The lowest BCUT2D eigenvalue weighted by Gasteiger charge is -2.22. The van der Waals surface area contributed by atoms with E-state index in [2.05, 4.69) is 46.9 Å². The number of hydrogen-bond donors (Lipinski definition) is 4. The molecule has 0 heterocycles. The zero-order valence-electron chi connectivity index (χ0n) is 40.7. The van der Waals surface area contributed by atoms with Crippen LogP contribution in [0.25, 0.3) is 0 Å². The highest BCUT2D eigenvalue weighted by Gasteiger charge is 2.11. The van der Waals surface area contributed by atoms with E-state index in [0.717, 1.165) is 52.0 Å². The van der Waals surface area contributed by atoms with Gasteiger partial charge in [0.1, 0.15) is 0 Å². The van der Waals surface area contributed by atoms with E-state index in [1.54, 1.807) is 0 Å². The molecule has 0 atom stereocenters. The summed E-state index contributed by atoms with van der Waals surface area (Å²) in [5.41, 5.74) is 0. The van der Waals surface area contributed by atoms with Crippen molar-refractivity contribution in [2.75, 3.05) is 52.4 Å². The highest BCUT2D eigenvalue weighted by molar-refractivity contribution is 5.77. The van der Waals surface area contributed by atoms with Crippen molar-refractivity contribution < 1.29 is 14.4 Å². The van der Waals surface area contributed by atoms with Crippen LogP contribution < -0.4 is 21.3 Å². The molecular weight excluding hydrogens is 743 g/mol. The number of unbranched alkanes of at least 4 members (excludes halogenated alkanes) is 32. The van der Waals surface area contributed by atoms with Crippen molar-refractivity contribution in [3.63, 3.8) is 0 Å². The Hall–Kier alpha value is -1.67. The van der Waals surface area contributed by atoms with E-state index in [9.17, 15) is 14.4 Å². The highest BCUT2D eigenvalue weighted by atomic mass is 16.2. The maximum Gasteiger partial charge on any atom is 0.221 e. The van der Waals surface area contributed by atoms with Gasteiger partial charge in [0.05, 0.1) is 0 Å². The van der Waals surface area contributed by atoms with Gasteiger partial charge in [-0.05, 0) is 19.3 Å². The molecule has 0 unspecified atom stereocenters. The minimum Gasteiger partial charge on any atom is -0.356 e. The van der Waals surface area contributed by atoms with Crippen molar-refractivity contribution in [1.29, 1.82) is 0 Å². The summed E-state index contributed by atoms with van der Waals surface area (Å²) in [6.07, 6.45) is 47.3. The molecule has 0 saturated carbocycles. The normalized spacial score (nSPS) is 11.4. The SMILES string of the molecule is CCCCCCCCCCCCCCNC(=O)CCNCCN(CCC(=O)NCCCCCCCCCCCCC)CCC(=O)NCCCCCCCCCCCCCC. The molecule has 0 radical (unpaired) electrons. The second-order valence-corrected chi connectivity index (χ2v) is 18.2. The first-order valence-electron chi connectivity index (χ1n) is 26.8. The molecule has 0 aromatic carbocycles. The maximum absolute atomic E-state index is 12.7. The molecule has 0 saturated heterocycles. The summed E-state index contributed by atoms with van der Waals surface area (Å²) >= 11 is 0. The molecule has 356 valence electrons. The van der Waals surface area contributed by atoms with Crippen molar-refractivity contribution in [2.24, 2.45) is 0 Å². The summed E-state index contributed by atoms with van der Waals surface area (Å²) in [5, 5.41) is 12.8. The van der Waals surface area contributed by atoms with Crippen LogP contribution >= 0.6 is 0 Å². The average molecular weight is 848 g/mol. The van der Waals surface area contributed by atoms with Gasteiger partial charge in [0.15, 0.2) is 0 Å². The molecule has 4 N–H and O–H groups in total. The van der Waals surface area contributed by atoms with Crippen LogP contribution in [0.4, 0.5) is 0 Å². The number of rotatable bonds is 50. The number of nitrogens with zero attached hydrogens (tertiary/aromatic N) is 1. The second kappa shape index (κ2) is 50.0. The predicted molar refractivity (Wildman–Crippen MR) is 261 cm³/mol. The Labute approximate surface area is 374 Å². The van der Waals surface area contributed by atoms with Gasteiger partial charge in [0.2, 0.25) is 17.7 Å². The van der Waals surface area contributed by atoms with Gasteiger partial charge in [-0.3, -0.25) is 14.4 Å². The smallest absolute Gasteiger partial charge is 0.221 e. The van der Waals surface area contributed by atoms with E-state index in [-0.39, 0.29) is 17.7 Å². The van der Waals surface area contributed by atoms with Crippen LogP contribution in [-0.2, 0) is 14.4 Å². The fourth-order valence-electron chi connectivity index (χ4n) is 8.09. The molecule has 0 rings (SSSR count). The fraction of sp³-hybridized carbons (Fsp3) is 0.942. The molecule has 0 aromatic heterocycles. The van der Waals surface area contributed by atoms with Crippen LogP contribution in [-0.4, -0.2) is 75.0 Å². The van der Waals surface area contributed by atoms with Gasteiger partial charge in [-0.25, -0.2) is 0 Å². The van der Waals surface area contributed by atoms with Gasteiger partial charge in [-0.15, -0.1) is 0 Å². The Morgan fingerprint density at radius 1 is 0.283 bits per heavy atom. The molecule has 3 amide bonds. The highest BCUT2D eigenvalue weighted by Crippen LogP contribution is 2.14. The summed E-state index contributed by atoms with van der Waals surface area (Å²) in [6.45, 7) is 12.5. The number of nitrogens with one attached hydrogen (secondary N) is 4. The predicted octanol–water partition coefficient (Wildman–Crippen LogP) is 13.1. The van der Waals surface area contributed by atoms with Crippen LogP contribution in [0, 0.1) is 0 Å².